The van der Waals surface area contributed by atoms with Gasteiger partial charge in [-0.1, -0.05) is 31.4 Å². The van der Waals surface area contributed by atoms with E-state index in [1.165, 1.54) is 47.9 Å². The van der Waals surface area contributed by atoms with Crippen molar-refractivity contribution in [2.45, 2.75) is 52.5 Å². The van der Waals surface area contributed by atoms with Crippen LogP contribution in [0, 0.1) is 26.7 Å². The molecule has 17 heavy (non-hydrogen) atoms. The van der Waals surface area contributed by atoms with Gasteiger partial charge in [-0.25, -0.2) is 0 Å². The van der Waals surface area contributed by atoms with E-state index in [2.05, 4.69) is 45.3 Å². The molecule has 0 heterocycles. The Morgan fingerprint density at radius 2 is 1.76 bits per heavy atom. The first-order valence-electron chi connectivity index (χ1n) is 6.87. The second-order valence-corrected chi connectivity index (χ2v) is 5.67. The van der Waals surface area contributed by atoms with Crippen LogP contribution in [0.5, 0.6) is 0 Å². The van der Waals surface area contributed by atoms with Gasteiger partial charge in [0.1, 0.15) is 0 Å². The maximum absolute atomic E-state index is 3.50. The summed E-state index contributed by atoms with van der Waals surface area (Å²) in [6.45, 7) is 6.66. The minimum Gasteiger partial charge on any atom is -0.313 e. The van der Waals surface area contributed by atoms with Gasteiger partial charge in [0.2, 0.25) is 0 Å². The molecule has 1 nitrogen and oxygen atoms in total. The zero-order valence-corrected chi connectivity index (χ0v) is 11.6. The highest BCUT2D eigenvalue weighted by atomic mass is 14.9. The molecule has 0 aliphatic heterocycles. The molecule has 1 atom stereocenters. The van der Waals surface area contributed by atoms with E-state index in [1.807, 2.05) is 0 Å². The molecule has 2 rings (SSSR count). The van der Waals surface area contributed by atoms with Gasteiger partial charge >= 0.3 is 0 Å². The molecule has 1 fully saturated rings. The summed E-state index contributed by atoms with van der Waals surface area (Å²) in [6, 6.07) is 5.25. The lowest BCUT2D eigenvalue weighted by atomic mass is 9.79. The van der Waals surface area contributed by atoms with Crippen molar-refractivity contribution < 1.29 is 0 Å². The highest BCUT2D eigenvalue weighted by Crippen LogP contribution is 2.35. The lowest BCUT2D eigenvalue weighted by molar-refractivity contribution is 0.265. The molecule has 0 amide bonds. The fourth-order valence-electron chi connectivity index (χ4n) is 2.82. The van der Waals surface area contributed by atoms with Crippen molar-refractivity contribution in [3.63, 3.8) is 0 Å². The third-order valence-electron chi connectivity index (χ3n) is 4.40. The molecule has 1 aromatic rings. The summed E-state index contributed by atoms with van der Waals surface area (Å²) in [5.74, 6) is 0.952. The third-order valence-corrected chi connectivity index (χ3v) is 4.40. The summed E-state index contributed by atoms with van der Waals surface area (Å²) >= 11 is 0. The molecule has 0 spiro atoms. The molecule has 1 aliphatic carbocycles. The number of benzene rings is 1. The van der Waals surface area contributed by atoms with Gasteiger partial charge in [-0.3, -0.25) is 0 Å². The molecule has 1 unspecified atom stereocenters. The van der Waals surface area contributed by atoms with Crippen molar-refractivity contribution in [2.75, 3.05) is 7.05 Å². The predicted octanol–water partition coefficient (Wildman–Crippen LogP) is 4.06. The summed E-state index contributed by atoms with van der Waals surface area (Å²) in [5, 5.41) is 3.50. The summed E-state index contributed by atoms with van der Waals surface area (Å²) in [4.78, 5) is 0. The summed E-state index contributed by atoms with van der Waals surface area (Å²) in [5.41, 5.74) is 5.76. The zero-order valence-electron chi connectivity index (χ0n) is 11.6. The van der Waals surface area contributed by atoms with Gasteiger partial charge in [-0.05, 0) is 62.4 Å². The second-order valence-electron chi connectivity index (χ2n) is 5.67. The fraction of sp³-hybridized carbons (Fsp3) is 0.625. The molecular formula is C16H25N. The zero-order chi connectivity index (χ0) is 12.4. The minimum absolute atomic E-state index is 0.541. The lowest BCUT2D eigenvalue weighted by Gasteiger charge is -2.30. The monoisotopic (exact) mass is 231 g/mol. The van der Waals surface area contributed by atoms with Crippen LogP contribution in [-0.2, 0) is 0 Å². The number of hydrogen-bond acceptors (Lipinski definition) is 1. The van der Waals surface area contributed by atoms with Crippen molar-refractivity contribution in [3.8, 4) is 0 Å². The quantitative estimate of drug-likeness (QED) is 0.824. The van der Waals surface area contributed by atoms with Crippen molar-refractivity contribution >= 4 is 0 Å². The second kappa shape index (κ2) is 5.22. The molecule has 1 N–H and O–H groups in total. The van der Waals surface area contributed by atoms with E-state index in [9.17, 15) is 0 Å². The van der Waals surface area contributed by atoms with Crippen LogP contribution in [0.3, 0.4) is 0 Å². The molecule has 94 valence electrons. The van der Waals surface area contributed by atoms with E-state index >= 15 is 0 Å². The first-order valence-corrected chi connectivity index (χ1v) is 6.87. The largest absolute Gasteiger partial charge is 0.313 e. The molecule has 1 aromatic carbocycles. The fourth-order valence-corrected chi connectivity index (χ4v) is 2.82. The van der Waals surface area contributed by atoms with Gasteiger partial charge in [-0.15, -0.1) is 0 Å². The van der Waals surface area contributed by atoms with Crippen LogP contribution in [0.15, 0.2) is 12.1 Å². The van der Waals surface area contributed by atoms with Crippen LogP contribution < -0.4 is 5.32 Å². The van der Waals surface area contributed by atoms with Crippen LogP contribution in [0.25, 0.3) is 0 Å². The van der Waals surface area contributed by atoms with Crippen LogP contribution in [-0.4, -0.2) is 7.05 Å². The van der Waals surface area contributed by atoms with Crippen LogP contribution in [0.2, 0.25) is 0 Å². The Morgan fingerprint density at radius 1 is 1.12 bits per heavy atom. The van der Waals surface area contributed by atoms with Crippen LogP contribution >= 0.6 is 0 Å². The Bertz CT molecular complexity index is 391. The normalized spacial score (nSPS) is 17.9. The number of hydrogen-bond donors (Lipinski definition) is 1. The van der Waals surface area contributed by atoms with Gasteiger partial charge in [0, 0.05) is 6.04 Å². The van der Waals surface area contributed by atoms with E-state index < -0.39 is 0 Å². The smallest absolute Gasteiger partial charge is 0.0322 e. The molecular weight excluding hydrogens is 206 g/mol. The van der Waals surface area contributed by atoms with E-state index in [0.29, 0.717) is 6.04 Å². The maximum Gasteiger partial charge on any atom is 0.0322 e. The predicted molar refractivity (Wildman–Crippen MR) is 74.4 cm³/mol. The van der Waals surface area contributed by atoms with E-state index in [1.54, 1.807) is 0 Å². The highest BCUT2D eigenvalue weighted by molar-refractivity contribution is 5.38. The molecule has 0 bridgehead atoms. The summed E-state index contributed by atoms with van der Waals surface area (Å²) in [7, 11) is 2.10. The van der Waals surface area contributed by atoms with Crippen molar-refractivity contribution in [1.29, 1.82) is 0 Å². The average molecular weight is 231 g/mol. The standard InChI is InChI=1S/C16H25N/c1-11-8-13(3)15(9-12(11)2)16(17-4)10-14-6-5-7-14/h8-9,14,16-17H,5-7,10H2,1-4H3. The molecule has 0 aromatic heterocycles. The minimum atomic E-state index is 0.541. The highest BCUT2D eigenvalue weighted by Gasteiger charge is 2.23. The van der Waals surface area contributed by atoms with Gasteiger partial charge in [0.25, 0.3) is 0 Å². The Labute approximate surface area is 106 Å². The van der Waals surface area contributed by atoms with Crippen molar-refractivity contribution in [2.24, 2.45) is 5.92 Å². The Hall–Kier alpha value is -0.820. The first kappa shape index (κ1) is 12.6. The van der Waals surface area contributed by atoms with Gasteiger partial charge in [0.15, 0.2) is 0 Å². The van der Waals surface area contributed by atoms with E-state index in [-0.39, 0.29) is 0 Å². The number of nitrogens with one attached hydrogen (secondary N) is 1. The summed E-state index contributed by atoms with van der Waals surface area (Å²) in [6.07, 6.45) is 5.61. The Kier molecular flexibility index (Phi) is 3.88. The summed E-state index contributed by atoms with van der Waals surface area (Å²) < 4.78 is 0. The first-order chi connectivity index (χ1) is 8.11. The van der Waals surface area contributed by atoms with E-state index in [4.69, 9.17) is 0 Å². The maximum atomic E-state index is 3.50. The van der Waals surface area contributed by atoms with Crippen LogP contribution in [0.4, 0.5) is 0 Å². The molecule has 0 radical (unpaired) electrons. The number of rotatable bonds is 4. The average Bonchev–Trinajstić information content (AvgIpc) is 2.23. The van der Waals surface area contributed by atoms with Gasteiger partial charge in [0.05, 0.1) is 0 Å². The molecule has 0 saturated heterocycles. The molecule has 1 saturated carbocycles. The van der Waals surface area contributed by atoms with E-state index in [0.717, 1.165) is 5.92 Å². The third kappa shape index (κ3) is 2.71. The Morgan fingerprint density at radius 3 is 2.29 bits per heavy atom. The topological polar surface area (TPSA) is 12.0 Å². The lowest BCUT2D eigenvalue weighted by Crippen LogP contribution is -2.24. The number of aryl methyl sites for hydroxylation is 3. The molecule has 1 aliphatic rings. The Balaban J connectivity index is 2.19. The van der Waals surface area contributed by atoms with Crippen molar-refractivity contribution in [3.05, 3.63) is 34.4 Å². The van der Waals surface area contributed by atoms with Crippen LogP contribution in [0.1, 0.15) is 54.0 Å². The SMILES string of the molecule is CNC(CC1CCC1)c1cc(C)c(C)cc1C. The van der Waals surface area contributed by atoms with Gasteiger partial charge in [-0.2, -0.15) is 0 Å². The van der Waals surface area contributed by atoms with Gasteiger partial charge < -0.3 is 5.32 Å². The van der Waals surface area contributed by atoms with Crippen molar-refractivity contribution in [1.82, 2.24) is 5.32 Å². The molecule has 1 heteroatoms.